The van der Waals surface area contributed by atoms with Crippen molar-refractivity contribution in [1.29, 1.82) is 0 Å². The number of hydrogen-bond acceptors (Lipinski definition) is 7. The number of pyridine rings is 2. The molecule has 0 unspecified atom stereocenters. The maximum absolute atomic E-state index is 12.6. The second-order valence-corrected chi connectivity index (χ2v) is 6.36. The molecule has 0 saturated heterocycles. The van der Waals surface area contributed by atoms with E-state index in [4.69, 9.17) is 9.26 Å². The molecule has 0 fully saturated rings. The molecular weight excluding hydrogens is 348 g/mol. The molecule has 8 nitrogen and oxygen atoms in total. The molecule has 27 heavy (non-hydrogen) atoms. The van der Waals surface area contributed by atoms with E-state index in [2.05, 4.69) is 15.1 Å². The summed E-state index contributed by atoms with van der Waals surface area (Å²) in [6.07, 6.45) is 1.71. The van der Waals surface area contributed by atoms with Crippen molar-refractivity contribution in [1.82, 2.24) is 19.5 Å². The average Bonchev–Trinajstić information content (AvgIpc) is 3.00. The van der Waals surface area contributed by atoms with Crippen LogP contribution in [0.1, 0.15) is 33.0 Å². The van der Waals surface area contributed by atoms with E-state index in [1.807, 2.05) is 13.0 Å². The second kappa shape index (κ2) is 6.31. The second-order valence-electron chi connectivity index (χ2n) is 6.36. The summed E-state index contributed by atoms with van der Waals surface area (Å²) >= 11 is 0. The number of carbonyl (C=O) groups excluding carboxylic acids is 1. The minimum Gasteiger partial charge on any atom is -0.456 e. The summed E-state index contributed by atoms with van der Waals surface area (Å²) in [4.78, 5) is 33.4. The number of fused-ring (bicyclic) bond motifs is 2. The number of aromatic nitrogens is 4. The lowest BCUT2D eigenvalue weighted by atomic mass is 10.1. The Morgan fingerprint density at radius 2 is 2.00 bits per heavy atom. The molecular formula is C19H16N4O4. The Morgan fingerprint density at radius 1 is 1.19 bits per heavy atom. The topological polar surface area (TPSA) is 99.6 Å². The van der Waals surface area contributed by atoms with Gasteiger partial charge in [0.2, 0.25) is 0 Å². The lowest BCUT2D eigenvalue weighted by Crippen LogP contribution is -2.17. The van der Waals surface area contributed by atoms with E-state index in [1.54, 1.807) is 32.2 Å². The molecule has 0 atom stereocenters. The fourth-order valence-corrected chi connectivity index (χ4v) is 2.93. The van der Waals surface area contributed by atoms with Crippen LogP contribution in [-0.2, 0) is 11.3 Å². The van der Waals surface area contributed by atoms with Gasteiger partial charge in [-0.1, -0.05) is 11.2 Å². The fourth-order valence-electron chi connectivity index (χ4n) is 2.93. The van der Waals surface area contributed by atoms with E-state index < -0.39 is 5.97 Å². The van der Waals surface area contributed by atoms with E-state index in [9.17, 15) is 9.59 Å². The average molecular weight is 364 g/mol. The van der Waals surface area contributed by atoms with Gasteiger partial charge in [-0.25, -0.2) is 14.8 Å². The Hall–Kier alpha value is -3.55. The predicted octanol–water partition coefficient (Wildman–Crippen LogP) is 2.51. The monoisotopic (exact) mass is 364 g/mol. The van der Waals surface area contributed by atoms with Gasteiger partial charge in [0.05, 0.1) is 22.3 Å². The minimum atomic E-state index is -0.553. The van der Waals surface area contributed by atoms with E-state index in [-0.39, 0.29) is 17.9 Å². The van der Waals surface area contributed by atoms with Gasteiger partial charge in [0.1, 0.15) is 12.3 Å². The highest BCUT2D eigenvalue weighted by Crippen LogP contribution is 2.22. The highest BCUT2D eigenvalue weighted by atomic mass is 16.5. The van der Waals surface area contributed by atoms with Gasteiger partial charge in [-0.2, -0.15) is 0 Å². The van der Waals surface area contributed by atoms with Crippen LogP contribution in [0.25, 0.3) is 16.7 Å². The molecule has 4 rings (SSSR count). The van der Waals surface area contributed by atoms with Crippen LogP contribution in [0.2, 0.25) is 0 Å². The first-order valence-electron chi connectivity index (χ1n) is 8.32. The van der Waals surface area contributed by atoms with Crippen molar-refractivity contribution >= 4 is 22.7 Å². The molecule has 0 saturated carbocycles. The van der Waals surface area contributed by atoms with E-state index >= 15 is 0 Å². The molecule has 0 aliphatic carbocycles. The standard InChI is InChI=1S/C19H16N4O4/c1-10-4-5-15-21-13(7-16(24)23(15)8-10)9-26-19(25)14-6-11(2)20-18-17(14)12(3)22-27-18/h4-8H,9H2,1-3H3. The van der Waals surface area contributed by atoms with Crippen molar-refractivity contribution in [3.05, 3.63) is 69.0 Å². The number of rotatable bonds is 3. The van der Waals surface area contributed by atoms with Crippen molar-refractivity contribution in [3.8, 4) is 0 Å². The summed E-state index contributed by atoms with van der Waals surface area (Å²) in [5.74, 6) is -0.553. The third-order valence-corrected chi connectivity index (χ3v) is 4.18. The molecule has 8 heteroatoms. The zero-order chi connectivity index (χ0) is 19.1. The highest BCUT2D eigenvalue weighted by molar-refractivity contribution is 6.03. The van der Waals surface area contributed by atoms with E-state index in [1.165, 1.54) is 10.5 Å². The number of carbonyl (C=O) groups is 1. The van der Waals surface area contributed by atoms with Crippen molar-refractivity contribution in [3.63, 3.8) is 0 Å². The quantitative estimate of drug-likeness (QED) is 0.515. The SMILES string of the molecule is Cc1ccc2nc(COC(=O)c3cc(C)nc4onc(C)c34)cc(=O)n2c1. The zero-order valence-electron chi connectivity index (χ0n) is 15.0. The van der Waals surface area contributed by atoms with Gasteiger partial charge < -0.3 is 9.26 Å². The lowest BCUT2D eigenvalue weighted by Gasteiger charge is -2.07. The molecule has 0 N–H and O–H groups in total. The molecule has 0 bridgehead atoms. The number of aryl methyl sites for hydroxylation is 3. The number of esters is 1. The highest BCUT2D eigenvalue weighted by Gasteiger charge is 2.19. The molecule has 0 aliphatic heterocycles. The molecule has 0 radical (unpaired) electrons. The van der Waals surface area contributed by atoms with Gasteiger partial charge in [-0.05, 0) is 38.5 Å². The normalized spacial score (nSPS) is 11.2. The third kappa shape index (κ3) is 3.05. The van der Waals surface area contributed by atoms with E-state index in [0.29, 0.717) is 33.7 Å². The Morgan fingerprint density at radius 3 is 2.81 bits per heavy atom. The molecule has 0 aliphatic rings. The first-order valence-corrected chi connectivity index (χ1v) is 8.32. The van der Waals surface area contributed by atoms with Gasteiger partial charge in [0.25, 0.3) is 11.3 Å². The van der Waals surface area contributed by atoms with Crippen LogP contribution in [0.3, 0.4) is 0 Å². The van der Waals surface area contributed by atoms with Gasteiger partial charge in [0, 0.05) is 18.0 Å². The summed E-state index contributed by atoms with van der Waals surface area (Å²) in [5.41, 5.74) is 3.38. The largest absolute Gasteiger partial charge is 0.456 e. The molecule has 4 aromatic rings. The van der Waals surface area contributed by atoms with Gasteiger partial charge >= 0.3 is 5.97 Å². The Balaban J connectivity index is 1.64. The third-order valence-electron chi connectivity index (χ3n) is 4.18. The maximum atomic E-state index is 12.6. The van der Waals surface area contributed by atoms with Crippen molar-refractivity contribution in [2.24, 2.45) is 0 Å². The van der Waals surface area contributed by atoms with Crippen LogP contribution in [0.4, 0.5) is 0 Å². The first kappa shape index (κ1) is 16.9. The summed E-state index contributed by atoms with van der Waals surface area (Å²) in [6, 6.07) is 6.60. The van der Waals surface area contributed by atoms with Crippen LogP contribution in [0.5, 0.6) is 0 Å². The lowest BCUT2D eigenvalue weighted by molar-refractivity contribution is 0.0469. The number of hydrogen-bond donors (Lipinski definition) is 0. The van der Waals surface area contributed by atoms with Crippen molar-refractivity contribution < 1.29 is 14.1 Å². The fraction of sp³-hybridized carbons (Fsp3) is 0.211. The smallest absolute Gasteiger partial charge is 0.339 e. The van der Waals surface area contributed by atoms with E-state index in [0.717, 1.165) is 5.56 Å². The zero-order valence-corrected chi connectivity index (χ0v) is 15.0. The maximum Gasteiger partial charge on any atom is 0.339 e. The molecule has 0 spiro atoms. The Labute approximate surface area is 153 Å². The minimum absolute atomic E-state index is 0.119. The van der Waals surface area contributed by atoms with Crippen LogP contribution in [0, 0.1) is 20.8 Å². The van der Waals surface area contributed by atoms with Crippen molar-refractivity contribution in [2.75, 3.05) is 0 Å². The van der Waals surface area contributed by atoms with Crippen LogP contribution < -0.4 is 5.56 Å². The Kier molecular flexibility index (Phi) is 3.95. The molecule has 136 valence electrons. The Bertz CT molecular complexity index is 1260. The van der Waals surface area contributed by atoms with Crippen molar-refractivity contribution in [2.45, 2.75) is 27.4 Å². The predicted molar refractivity (Wildman–Crippen MR) is 96.6 cm³/mol. The summed E-state index contributed by atoms with van der Waals surface area (Å²) in [5, 5.41) is 4.37. The number of nitrogens with zero attached hydrogens (tertiary/aromatic N) is 4. The molecule has 4 aromatic heterocycles. The molecule has 0 amide bonds. The molecule has 4 heterocycles. The molecule has 0 aromatic carbocycles. The van der Waals surface area contributed by atoms with Gasteiger partial charge in [0.15, 0.2) is 0 Å². The summed E-state index contributed by atoms with van der Waals surface area (Å²) in [6.45, 7) is 5.26. The summed E-state index contributed by atoms with van der Waals surface area (Å²) in [7, 11) is 0. The van der Waals surface area contributed by atoms with Crippen LogP contribution >= 0.6 is 0 Å². The first-order chi connectivity index (χ1) is 12.9. The van der Waals surface area contributed by atoms with Crippen LogP contribution in [-0.4, -0.2) is 25.5 Å². The van der Waals surface area contributed by atoms with Crippen LogP contribution in [0.15, 0.2) is 39.8 Å². The van der Waals surface area contributed by atoms with Gasteiger partial charge in [-0.15, -0.1) is 0 Å². The summed E-state index contributed by atoms with van der Waals surface area (Å²) < 4.78 is 12.0. The number of ether oxygens (including phenoxy) is 1. The van der Waals surface area contributed by atoms with Gasteiger partial charge in [-0.3, -0.25) is 9.20 Å².